The summed E-state index contributed by atoms with van der Waals surface area (Å²) in [5.74, 6) is -4.04. The van der Waals surface area contributed by atoms with Crippen LogP contribution in [0.2, 0.25) is 0 Å². The number of carbonyl (C=O) groups excluding carboxylic acids is 6. The lowest BCUT2D eigenvalue weighted by Crippen LogP contribution is -2.54. The summed E-state index contributed by atoms with van der Waals surface area (Å²) in [6, 6.07) is 5.29. The third-order valence-electron chi connectivity index (χ3n) is 12.7. The fourth-order valence-electron chi connectivity index (χ4n) is 9.30. The van der Waals surface area contributed by atoms with E-state index in [0.717, 1.165) is 11.3 Å². The van der Waals surface area contributed by atoms with Gasteiger partial charge in [-0.05, 0) is 69.6 Å². The van der Waals surface area contributed by atoms with Crippen LogP contribution in [0.1, 0.15) is 107 Å². The van der Waals surface area contributed by atoms with Crippen molar-refractivity contribution >= 4 is 68.3 Å². The molecule has 66 heavy (non-hydrogen) atoms. The number of hydrogen-bond acceptors (Lipinski definition) is 15. The van der Waals surface area contributed by atoms with E-state index in [-0.39, 0.29) is 97.3 Å². The van der Waals surface area contributed by atoms with Crippen molar-refractivity contribution in [2.24, 2.45) is 5.92 Å². The van der Waals surface area contributed by atoms with Crippen molar-refractivity contribution < 1.29 is 55.4 Å². The topological polar surface area (TPSA) is 258 Å². The third-order valence-corrected chi connectivity index (χ3v) is 14.0. The predicted molar refractivity (Wildman–Crippen MR) is 228 cm³/mol. The number of amides is 6. The number of carbonyl (C=O) groups is 6. The molecule has 9 rings (SSSR count). The molecular formula is C42H47F2N11O10S. The molecule has 1 aromatic carbocycles. The van der Waals surface area contributed by atoms with Crippen LogP contribution >= 0.6 is 0 Å². The molecule has 4 aromatic rings. The number of fused-ring (bicyclic) bond motifs is 4. The van der Waals surface area contributed by atoms with E-state index < -0.39 is 69.5 Å². The lowest BCUT2D eigenvalue weighted by atomic mass is 9.86. The number of nitrogens with zero attached hydrogens (tertiary/aromatic N) is 7. The number of anilines is 3. The van der Waals surface area contributed by atoms with E-state index >= 15 is 0 Å². The number of ether oxygens (including phenoxy) is 2. The quantitative estimate of drug-likeness (QED) is 0.0877. The van der Waals surface area contributed by atoms with Gasteiger partial charge in [-0.15, -0.1) is 0 Å². The molecule has 1 aliphatic carbocycles. The van der Waals surface area contributed by atoms with Crippen LogP contribution in [0.25, 0.3) is 5.65 Å². The molecule has 7 heterocycles. The molecule has 350 valence electrons. The SMILES string of the molecule is O=C1CCC(N2C(=O)c3cccc(NCCCOCCCS(=O)(=O)NC(=O)C4CCC(n5cc(NC(=O)c6cnn7ccc(N8C[C@H]9CC8CO9)nc67)c(C(F)F)n5)CC4)c3C2=O)C(=O)N1. The molecular weight excluding hydrogens is 889 g/mol. The molecule has 4 fully saturated rings. The first-order chi connectivity index (χ1) is 31.7. The molecule has 2 bridgehead atoms. The Kier molecular flexibility index (Phi) is 12.5. The smallest absolute Gasteiger partial charge is 0.284 e. The predicted octanol–water partition coefficient (Wildman–Crippen LogP) is 2.58. The number of imide groups is 2. The number of sulfonamides is 1. The number of rotatable bonds is 17. The van der Waals surface area contributed by atoms with Gasteiger partial charge in [-0.3, -0.25) is 48.4 Å². The highest BCUT2D eigenvalue weighted by Crippen LogP contribution is 2.37. The van der Waals surface area contributed by atoms with Crippen molar-refractivity contribution in [3.8, 4) is 0 Å². The highest BCUT2D eigenvalue weighted by Gasteiger charge is 2.46. The maximum absolute atomic E-state index is 14.2. The second-order valence-corrected chi connectivity index (χ2v) is 18.8. The fraction of sp³-hybridized carbons (Fsp3) is 0.500. The minimum absolute atomic E-state index is 0.0127. The molecule has 5 aliphatic rings. The minimum Gasteiger partial charge on any atom is -0.384 e. The zero-order valence-corrected chi connectivity index (χ0v) is 36.3. The number of hydrogen-bond donors (Lipinski definition) is 4. The first kappa shape index (κ1) is 44.8. The largest absolute Gasteiger partial charge is 0.384 e. The van der Waals surface area contributed by atoms with Gasteiger partial charge in [0.05, 0.1) is 53.6 Å². The van der Waals surface area contributed by atoms with Gasteiger partial charge in [0.25, 0.3) is 24.1 Å². The Balaban J connectivity index is 0.699. The number of piperidine rings is 1. The summed E-state index contributed by atoms with van der Waals surface area (Å²) in [5, 5.41) is 16.2. The Morgan fingerprint density at radius 2 is 1.79 bits per heavy atom. The first-order valence-electron chi connectivity index (χ1n) is 21.9. The molecule has 24 heteroatoms. The summed E-state index contributed by atoms with van der Waals surface area (Å²) in [6.07, 6.45) is 4.30. The molecule has 0 spiro atoms. The first-order valence-corrected chi connectivity index (χ1v) is 23.5. The van der Waals surface area contributed by atoms with Gasteiger partial charge >= 0.3 is 0 Å². The standard InChI is InChI=1S/C42H47F2N11O10S/c43-36(44)35-30(47-39(58)28-19-46-53-14-12-32(48-37(28)53)52-20-26-18-25(52)22-65-26)21-54(50-35)24-8-6-23(7-9-24)38(57)51-66(62,63)17-3-16-64-15-2-13-45-29-5-1-4-27-34(29)42(61)55(41(27)60)31-10-11-33(56)49-40(31)59/h1,4-5,12,14,19,21,23-26,31,36,45H,2-3,6-11,13,15-18,20,22H2,(H,47,58)(H,51,57)(H,49,56,59)/t23?,24?,25?,26-,31?/m1/s1. The number of halogens is 2. The zero-order valence-electron chi connectivity index (χ0n) is 35.5. The average molecular weight is 936 g/mol. The molecule has 2 unspecified atom stereocenters. The van der Waals surface area contributed by atoms with Crippen LogP contribution in [0.15, 0.2) is 42.9 Å². The number of nitrogens with one attached hydrogen (secondary N) is 4. The van der Waals surface area contributed by atoms with Crippen LogP contribution in [-0.4, -0.2) is 130 Å². The summed E-state index contributed by atoms with van der Waals surface area (Å²) in [5.41, 5.74) is 0.284. The Bertz CT molecular complexity index is 2700. The Hall–Kier alpha value is -6.40. The van der Waals surface area contributed by atoms with Gasteiger partial charge in [0.15, 0.2) is 11.3 Å². The van der Waals surface area contributed by atoms with Gasteiger partial charge in [0, 0.05) is 56.7 Å². The lowest BCUT2D eigenvalue weighted by molar-refractivity contribution is -0.136. The molecule has 3 aromatic heterocycles. The fourth-order valence-corrected chi connectivity index (χ4v) is 10.4. The Labute approximate surface area is 376 Å². The van der Waals surface area contributed by atoms with Crippen molar-refractivity contribution in [3.05, 3.63) is 65.2 Å². The molecule has 6 amide bonds. The number of morpholine rings is 1. The van der Waals surface area contributed by atoms with Crippen LogP contribution < -0.4 is 25.6 Å². The number of alkyl halides is 2. The van der Waals surface area contributed by atoms with Gasteiger partial charge in [-0.1, -0.05) is 6.07 Å². The molecule has 3 atom stereocenters. The van der Waals surface area contributed by atoms with Crippen LogP contribution in [0.3, 0.4) is 0 Å². The molecule has 0 radical (unpaired) electrons. The molecule has 3 saturated heterocycles. The maximum atomic E-state index is 14.2. The van der Waals surface area contributed by atoms with Crippen molar-refractivity contribution in [1.29, 1.82) is 0 Å². The molecule has 4 N–H and O–H groups in total. The van der Waals surface area contributed by atoms with Gasteiger partial charge in [-0.2, -0.15) is 10.2 Å². The number of aromatic nitrogens is 5. The summed E-state index contributed by atoms with van der Waals surface area (Å²) in [6.45, 7) is 1.96. The van der Waals surface area contributed by atoms with Crippen LogP contribution in [-0.2, 0) is 33.9 Å². The van der Waals surface area contributed by atoms with E-state index in [1.165, 1.54) is 27.7 Å². The van der Waals surface area contributed by atoms with E-state index in [4.69, 9.17) is 9.47 Å². The van der Waals surface area contributed by atoms with Crippen molar-refractivity contribution in [2.45, 2.75) is 88.4 Å². The van der Waals surface area contributed by atoms with Crippen LogP contribution in [0.5, 0.6) is 0 Å². The second kappa shape index (κ2) is 18.5. The van der Waals surface area contributed by atoms with E-state index in [2.05, 4.69) is 40.8 Å². The number of benzene rings is 1. The van der Waals surface area contributed by atoms with Gasteiger partial charge in [0.2, 0.25) is 27.7 Å². The second-order valence-electron chi connectivity index (χ2n) is 17.0. The van der Waals surface area contributed by atoms with E-state index in [9.17, 15) is 46.0 Å². The van der Waals surface area contributed by atoms with Crippen molar-refractivity contribution in [2.75, 3.05) is 54.2 Å². The van der Waals surface area contributed by atoms with Crippen LogP contribution in [0.4, 0.5) is 26.0 Å². The minimum atomic E-state index is -3.98. The molecule has 4 aliphatic heterocycles. The third kappa shape index (κ3) is 9.07. The summed E-state index contributed by atoms with van der Waals surface area (Å²) in [7, 11) is -3.98. The van der Waals surface area contributed by atoms with Crippen molar-refractivity contribution in [1.82, 2.24) is 39.3 Å². The van der Waals surface area contributed by atoms with Gasteiger partial charge in [0.1, 0.15) is 17.4 Å². The lowest BCUT2D eigenvalue weighted by Gasteiger charge is -2.27. The van der Waals surface area contributed by atoms with Crippen LogP contribution in [0, 0.1) is 5.92 Å². The monoisotopic (exact) mass is 935 g/mol. The molecule has 21 nitrogen and oxygen atoms in total. The van der Waals surface area contributed by atoms with E-state index in [0.29, 0.717) is 50.5 Å². The van der Waals surface area contributed by atoms with Crippen molar-refractivity contribution in [3.63, 3.8) is 0 Å². The highest BCUT2D eigenvalue weighted by atomic mass is 32.2. The summed E-state index contributed by atoms with van der Waals surface area (Å²) in [4.78, 5) is 84.5. The summed E-state index contributed by atoms with van der Waals surface area (Å²) >= 11 is 0. The average Bonchev–Trinajstić information content (AvgIpc) is 4.14. The molecule has 1 saturated carbocycles. The normalized spacial score (nSPS) is 22.9. The summed E-state index contributed by atoms with van der Waals surface area (Å²) < 4.78 is 70.3. The van der Waals surface area contributed by atoms with E-state index in [1.807, 2.05) is 0 Å². The highest BCUT2D eigenvalue weighted by molar-refractivity contribution is 7.90. The maximum Gasteiger partial charge on any atom is 0.284 e. The Morgan fingerprint density at radius 1 is 0.985 bits per heavy atom. The Morgan fingerprint density at radius 3 is 2.53 bits per heavy atom. The van der Waals surface area contributed by atoms with Gasteiger partial charge < -0.3 is 25.0 Å². The zero-order chi connectivity index (χ0) is 46.3. The van der Waals surface area contributed by atoms with Gasteiger partial charge in [-0.25, -0.2) is 26.7 Å². The van der Waals surface area contributed by atoms with E-state index in [1.54, 1.807) is 24.4 Å².